The minimum Gasteiger partial charge on any atom is -0.444 e. The van der Waals surface area contributed by atoms with Crippen molar-refractivity contribution in [1.29, 1.82) is 0 Å². The minimum atomic E-state index is -0.434. The first kappa shape index (κ1) is 23.6. The van der Waals surface area contributed by atoms with E-state index in [1.807, 2.05) is 61.5 Å². The van der Waals surface area contributed by atoms with Crippen molar-refractivity contribution in [2.75, 3.05) is 0 Å². The number of rotatable bonds is 9. The number of carbonyl (C=O) groups is 1. The van der Waals surface area contributed by atoms with Crippen LogP contribution in [0, 0.1) is 0 Å². The number of ketones is 1. The quantitative estimate of drug-likeness (QED) is 0.251. The van der Waals surface area contributed by atoms with Crippen LogP contribution in [0.15, 0.2) is 95.7 Å². The summed E-state index contributed by atoms with van der Waals surface area (Å²) in [6.45, 7) is 1.92. The molecule has 0 aliphatic rings. The normalized spacial score (nSPS) is 12.1. The Labute approximate surface area is 210 Å². The second-order valence-electron chi connectivity index (χ2n) is 8.95. The second-order valence-corrected chi connectivity index (χ2v) is 8.95. The van der Waals surface area contributed by atoms with Crippen LogP contribution in [-0.4, -0.2) is 27.0 Å². The third-order valence-corrected chi connectivity index (χ3v) is 6.43. The van der Waals surface area contributed by atoms with Gasteiger partial charge >= 0.3 is 0 Å². The van der Waals surface area contributed by atoms with E-state index in [1.54, 1.807) is 12.5 Å². The molecule has 0 bridgehead atoms. The van der Waals surface area contributed by atoms with Crippen molar-refractivity contribution in [3.05, 3.63) is 96.9 Å². The van der Waals surface area contributed by atoms with Crippen molar-refractivity contribution < 1.29 is 14.3 Å². The van der Waals surface area contributed by atoms with Crippen molar-refractivity contribution >= 4 is 16.7 Å². The fourth-order valence-corrected chi connectivity index (χ4v) is 4.53. The van der Waals surface area contributed by atoms with Crippen LogP contribution in [0.25, 0.3) is 44.7 Å². The summed E-state index contributed by atoms with van der Waals surface area (Å²) in [6, 6.07) is 26.2. The smallest absolute Gasteiger partial charge is 0.227 e. The number of aliphatic hydroxyl groups excluding tert-OH is 1. The topological polar surface area (TPSA) is 76.2 Å². The second kappa shape index (κ2) is 10.7. The zero-order valence-electron chi connectivity index (χ0n) is 20.2. The number of Topliss-reactive ketones (excluding diaryl/α,β-unsaturated/α-hetero) is 1. The maximum absolute atomic E-state index is 12.7. The molecule has 180 valence electrons. The number of hydrogen-bond donors (Lipinski definition) is 1. The van der Waals surface area contributed by atoms with Crippen LogP contribution in [0.4, 0.5) is 0 Å². The van der Waals surface area contributed by atoms with Crippen LogP contribution in [0.5, 0.6) is 0 Å². The Morgan fingerprint density at radius 3 is 2.33 bits per heavy atom. The number of aromatic nitrogens is 2. The van der Waals surface area contributed by atoms with Gasteiger partial charge in [0.1, 0.15) is 12.0 Å². The third kappa shape index (κ3) is 4.97. The summed E-state index contributed by atoms with van der Waals surface area (Å²) >= 11 is 0. The van der Waals surface area contributed by atoms with Gasteiger partial charge in [0.25, 0.3) is 0 Å². The lowest BCUT2D eigenvalue weighted by molar-refractivity contribution is -0.119. The molecule has 0 saturated heterocycles. The van der Waals surface area contributed by atoms with Gasteiger partial charge in [0.05, 0.1) is 29.1 Å². The molecule has 3 aromatic carbocycles. The fourth-order valence-electron chi connectivity index (χ4n) is 4.53. The minimum absolute atomic E-state index is 0.108. The highest BCUT2D eigenvalue weighted by atomic mass is 16.3. The van der Waals surface area contributed by atoms with Gasteiger partial charge in [-0.25, -0.2) is 9.97 Å². The highest BCUT2D eigenvalue weighted by Gasteiger charge is 2.22. The number of oxazole rings is 1. The van der Waals surface area contributed by atoms with Gasteiger partial charge in [-0.1, -0.05) is 73.7 Å². The number of carbonyl (C=O) groups excluding carboxylic acids is 1. The number of pyridine rings is 1. The molecule has 5 rings (SSSR count). The summed E-state index contributed by atoms with van der Waals surface area (Å²) in [6.07, 6.45) is 4.59. The number of fused-ring (bicyclic) bond motifs is 1. The molecule has 0 fully saturated rings. The highest BCUT2D eigenvalue weighted by molar-refractivity contribution is 6.05. The number of hydrogen-bond acceptors (Lipinski definition) is 5. The average Bonchev–Trinajstić information content (AvgIpc) is 3.46. The summed E-state index contributed by atoms with van der Waals surface area (Å²) in [7, 11) is 0. The summed E-state index contributed by atoms with van der Waals surface area (Å²) in [5.74, 6) is 0.615. The van der Waals surface area contributed by atoms with Crippen molar-refractivity contribution in [2.45, 2.75) is 38.7 Å². The zero-order valence-corrected chi connectivity index (χ0v) is 20.2. The first-order chi connectivity index (χ1) is 17.6. The number of benzene rings is 3. The van der Waals surface area contributed by atoms with Crippen LogP contribution < -0.4 is 0 Å². The van der Waals surface area contributed by atoms with Gasteiger partial charge in [-0.3, -0.25) is 4.79 Å². The monoisotopic (exact) mass is 476 g/mol. The van der Waals surface area contributed by atoms with Gasteiger partial charge < -0.3 is 9.52 Å². The van der Waals surface area contributed by atoms with E-state index in [-0.39, 0.29) is 5.78 Å². The standard InChI is InChI=1S/C31H28N2O3/c1-2-24(34)14-15-25(35)19-21-13-16-27-26(20-21)29(31-32-17-18-36-31)28(22-9-5-3-6-10-22)30(33-27)23-11-7-4-8-12-23/h3-13,16-18,20,24,34H,2,14-15,19H2,1H3. The Kier molecular flexibility index (Phi) is 7.01. The Morgan fingerprint density at radius 1 is 0.944 bits per heavy atom. The first-order valence-corrected chi connectivity index (χ1v) is 12.3. The first-order valence-electron chi connectivity index (χ1n) is 12.3. The van der Waals surface area contributed by atoms with Crippen molar-refractivity contribution in [2.24, 2.45) is 0 Å². The predicted octanol–water partition coefficient (Wildman–Crippen LogP) is 6.89. The van der Waals surface area contributed by atoms with E-state index in [4.69, 9.17) is 9.40 Å². The van der Waals surface area contributed by atoms with Crippen molar-refractivity contribution in [3.8, 4) is 33.8 Å². The maximum atomic E-state index is 12.7. The van der Waals surface area contributed by atoms with Crippen LogP contribution in [0.2, 0.25) is 0 Å². The van der Waals surface area contributed by atoms with E-state index >= 15 is 0 Å². The maximum Gasteiger partial charge on any atom is 0.227 e. The molecular formula is C31H28N2O3. The lowest BCUT2D eigenvalue weighted by Crippen LogP contribution is -2.10. The molecule has 5 heteroatoms. The highest BCUT2D eigenvalue weighted by Crippen LogP contribution is 2.42. The van der Waals surface area contributed by atoms with Gasteiger partial charge in [-0.15, -0.1) is 0 Å². The molecule has 0 saturated carbocycles. The van der Waals surface area contributed by atoms with Gasteiger partial charge in [-0.05, 0) is 36.1 Å². The molecule has 2 aromatic heterocycles. The van der Waals surface area contributed by atoms with Gasteiger partial charge in [0.15, 0.2) is 0 Å². The van der Waals surface area contributed by atoms with E-state index in [0.717, 1.165) is 44.4 Å². The molecule has 5 aromatic rings. The molecular weight excluding hydrogens is 448 g/mol. The molecule has 1 atom stereocenters. The molecule has 5 nitrogen and oxygen atoms in total. The largest absolute Gasteiger partial charge is 0.444 e. The van der Waals surface area contributed by atoms with Crippen molar-refractivity contribution in [3.63, 3.8) is 0 Å². The van der Waals surface area contributed by atoms with E-state index in [0.29, 0.717) is 31.6 Å². The Morgan fingerprint density at radius 2 is 1.67 bits per heavy atom. The fraction of sp³-hybridized carbons (Fsp3) is 0.194. The van der Waals surface area contributed by atoms with Crippen LogP contribution in [-0.2, 0) is 11.2 Å². The Balaban J connectivity index is 1.70. The summed E-state index contributed by atoms with van der Waals surface area (Å²) in [4.78, 5) is 22.3. The summed E-state index contributed by atoms with van der Waals surface area (Å²) in [5.41, 5.74) is 6.35. The average molecular weight is 477 g/mol. The molecule has 0 amide bonds. The van der Waals surface area contributed by atoms with Crippen LogP contribution in [0.3, 0.4) is 0 Å². The summed E-state index contributed by atoms with van der Waals surface area (Å²) in [5, 5.41) is 10.7. The molecule has 1 N–H and O–H groups in total. The molecule has 0 radical (unpaired) electrons. The van der Waals surface area contributed by atoms with Crippen LogP contribution in [0.1, 0.15) is 31.7 Å². The molecule has 2 heterocycles. The molecule has 0 aliphatic heterocycles. The SMILES string of the molecule is CCC(O)CCC(=O)Cc1ccc2nc(-c3ccccc3)c(-c3ccccc3)c(-c3ncco3)c2c1. The van der Waals surface area contributed by atoms with Gasteiger partial charge in [-0.2, -0.15) is 0 Å². The lowest BCUT2D eigenvalue weighted by atomic mass is 9.90. The van der Waals surface area contributed by atoms with Crippen molar-refractivity contribution in [1.82, 2.24) is 9.97 Å². The van der Waals surface area contributed by atoms with E-state index in [1.165, 1.54) is 0 Å². The van der Waals surface area contributed by atoms with Gasteiger partial charge in [0.2, 0.25) is 5.89 Å². The Bertz CT molecular complexity index is 1460. The molecule has 1 unspecified atom stereocenters. The predicted molar refractivity (Wildman–Crippen MR) is 142 cm³/mol. The molecule has 0 aliphatic carbocycles. The van der Waals surface area contributed by atoms with Crippen LogP contribution >= 0.6 is 0 Å². The third-order valence-electron chi connectivity index (χ3n) is 6.43. The number of nitrogens with zero attached hydrogens (tertiary/aromatic N) is 2. The Hall–Kier alpha value is -4.09. The lowest BCUT2D eigenvalue weighted by Gasteiger charge is -2.17. The van der Waals surface area contributed by atoms with E-state index in [2.05, 4.69) is 29.2 Å². The number of aliphatic hydroxyl groups is 1. The molecule has 0 spiro atoms. The van der Waals surface area contributed by atoms with E-state index < -0.39 is 6.10 Å². The van der Waals surface area contributed by atoms with Gasteiger partial charge in [0, 0.05) is 29.4 Å². The summed E-state index contributed by atoms with van der Waals surface area (Å²) < 4.78 is 5.85. The van der Waals surface area contributed by atoms with E-state index in [9.17, 15) is 9.90 Å². The molecule has 36 heavy (non-hydrogen) atoms. The zero-order chi connectivity index (χ0) is 24.9.